The van der Waals surface area contributed by atoms with Crippen molar-refractivity contribution in [2.75, 3.05) is 16.0 Å². The smallest absolute Gasteiger partial charge is 0.256 e. The molecular weight excluding hydrogens is 394 g/mol. The van der Waals surface area contributed by atoms with Crippen LogP contribution in [-0.2, 0) is 0 Å². The molecule has 4 aromatic rings. The first-order valence-corrected chi connectivity index (χ1v) is 10.4. The number of hydrogen-bond acceptors (Lipinski definition) is 6. The Kier molecular flexibility index (Phi) is 5.72. The molecule has 7 heteroatoms. The predicted octanol–water partition coefficient (Wildman–Crippen LogP) is 5.89. The zero-order chi connectivity index (χ0) is 20.9. The van der Waals surface area contributed by atoms with Gasteiger partial charge in [0, 0.05) is 34.2 Å². The van der Waals surface area contributed by atoms with Gasteiger partial charge in [0.05, 0.1) is 5.56 Å². The van der Waals surface area contributed by atoms with Crippen molar-refractivity contribution < 1.29 is 4.79 Å². The maximum absolute atomic E-state index is 12.2. The van der Waals surface area contributed by atoms with Crippen LogP contribution in [0.15, 0.2) is 71.4 Å². The van der Waals surface area contributed by atoms with Gasteiger partial charge < -0.3 is 16.0 Å². The second-order valence-corrected chi connectivity index (χ2v) is 7.66. The van der Waals surface area contributed by atoms with E-state index in [2.05, 4.69) is 25.9 Å². The Morgan fingerprint density at radius 3 is 2.20 bits per heavy atom. The second kappa shape index (κ2) is 8.75. The van der Waals surface area contributed by atoms with Crippen LogP contribution in [0.4, 0.5) is 28.8 Å². The summed E-state index contributed by atoms with van der Waals surface area (Å²) < 4.78 is 0. The maximum atomic E-state index is 12.2. The van der Waals surface area contributed by atoms with Gasteiger partial charge in [-0.1, -0.05) is 17.7 Å². The molecule has 0 saturated heterocycles. The van der Waals surface area contributed by atoms with E-state index in [1.165, 1.54) is 16.9 Å². The molecule has 150 valence electrons. The molecule has 0 fully saturated rings. The molecule has 30 heavy (non-hydrogen) atoms. The van der Waals surface area contributed by atoms with Crippen LogP contribution in [0.2, 0.25) is 0 Å². The summed E-state index contributed by atoms with van der Waals surface area (Å²) in [7, 11) is 0. The van der Waals surface area contributed by atoms with Crippen molar-refractivity contribution in [3.63, 3.8) is 0 Å². The summed E-state index contributed by atoms with van der Waals surface area (Å²) in [5, 5.41) is 13.1. The average molecular weight is 416 g/mol. The number of nitrogens with one attached hydrogen (secondary N) is 3. The lowest BCUT2D eigenvalue weighted by Crippen LogP contribution is -2.10. The first kappa shape index (κ1) is 19.6. The number of thiophene rings is 1. The lowest BCUT2D eigenvalue weighted by atomic mass is 10.2. The van der Waals surface area contributed by atoms with Crippen LogP contribution in [0.3, 0.4) is 0 Å². The second-order valence-electron chi connectivity index (χ2n) is 6.88. The van der Waals surface area contributed by atoms with Crippen LogP contribution in [0.1, 0.15) is 21.6 Å². The van der Waals surface area contributed by atoms with E-state index in [0.717, 1.165) is 22.8 Å². The zero-order valence-electron chi connectivity index (χ0n) is 16.6. The highest BCUT2D eigenvalue weighted by atomic mass is 32.1. The van der Waals surface area contributed by atoms with Crippen LogP contribution in [-0.4, -0.2) is 15.9 Å². The Bertz CT molecular complexity index is 1140. The van der Waals surface area contributed by atoms with E-state index >= 15 is 0 Å². The highest BCUT2D eigenvalue weighted by Gasteiger charge is 2.07. The minimum atomic E-state index is -0.116. The number of benzene rings is 2. The van der Waals surface area contributed by atoms with Crippen molar-refractivity contribution >= 4 is 46.1 Å². The molecule has 4 rings (SSSR count). The SMILES string of the molecule is Cc1ccc(Nc2nc(C)cc(Nc3ccc(NC(=O)c4ccsc4)cc3)n2)cc1. The largest absolute Gasteiger partial charge is 0.340 e. The van der Waals surface area contributed by atoms with Crippen molar-refractivity contribution in [1.82, 2.24) is 9.97 Å². The fourth-order valence-electron chi connectivity index (χ4n) is 2.84. The van der Waals surface area contributed by atoms with Crippen LogP contribution < -0.4 is 16.0 Å². The Hall–Kier alpha value is -3.71. The fraction of sp³-hybridized carbons (Fsp3) is 0.0870. The number of nitrogens with zero attached hydrogens (tertiary/aromatic N) is 2. The minimum absolute atomic E-state index is 0.116. The molecule has 0 aliphatic heterocycles. The van der Waals surface area contributed by atoms with Gasteiger partial charge in [-0.15, -0.1) is 0 Å². The van der Waals surface area contributed by atoms with Gasteiger partial charge in [0.15, 0.2) is 0 Å². The van der Waals surface area contributed by atoms with E-state index in [1.54, 1.807) is 6.07 Å². The van der Waals surface area contributed by atoms with Crippen molar-refractivity contribution in [2.24, 2.45) is 0 Å². The van der Waals surface area contributed by atoms with Crippen molar-refractivity contribution in [3.8, 4) is 0 Å². The number of rotatable bonds is 6. The lowest BCUT2D eigenvalue weighted by molar-refractivity contribution is 0.102. The number of carbonyl (C=O) groups excluding carboxylic acids is 1. The number of amides is 1. The quantitative estimate of drug-likeness (QED) is 0.366. The first-order valence-electron chi connectivity index (χ1n) is 9.45. The minimum Gasteiger partial charge on any atom is -0.340 e. The van der Waals surface area contributed by atoms with Crippen LogP contribution in [0.5, 0.6) is 0 Å². The standard InChI is InChI=1S/C23H21N5OS/c1-15-3-5-20(6-4-15)27-23-24-16(2)13-21(28-23)25-18-7-9-19(10-8-18)26-22(29)17-11-12-30-14-17/h3-14H,1-2H3,(H,26,29)(H2,24,25,27,28). The molecule has 0 radical (unpaired) electrons. The van der Waals surface area contributed by atoms with E-state index in [1.807, 2.05) is 79.2 Å². The third-order valence-corrected chi connectivity index (χ3v) is 5.04. The highest BCUT2D eigenvalue weighted by Crippen LogP contribution is 2.21. The number of aromatic nitrogens is 2. The Morgan fingerprint density at radius 1 is 0.833 bits per heavy atom. The van der Waals surface area contributed by atoms with Gasteiger partial charge in [0.25, 0.3) is 5.91 Å². The average Bonchev–Trinajstić information content (AvgIpc) is 3.26. The maximum Gasteiger partial charge on any atom is 0.256 e. The summed E-state index contributed by atoms with van der Waals surface area (Å²) >= 11 is 1.50. The molecular formula is C23H21N5OS. The summed E-state index contributed by atoms with van der Waals surface area (Å²) in [6.07, 6.45) is 0. The molecule has 0 bridgehead atoms. The fourth-order valence-corrected chi connectivity index (χ4v) is 3.47. The Labute approximate surface area is 179 Å². The summed E-state index contributed by atoms with van der Waals surface area (Å²) in [6, 6.07) is 19.3. The topological polar surface area (TPSA) is 78.9 Å². The van der Waals surface area contributed by atoms with Gasteiger partial charge >= 0.3 is 0 Å². The van der Waals surface area contributed by atoms with Gasteiger partial charge in [-0.2, -0.15) is 16.3 Å². The molecule has 0 aliphatic carbocycles. The molecule has 6 nitrogen and oxygen atoms in total. The number of carbonyl (C=O) groups is 1. The van der Waals surface area contributed by atoms with Crippen LogP contribution >= 0.6 is 11.3 Å². The normalized spacial score (nSPS) is 10.5. The molecule has 2 heterocycles. The summed E-state index contributed by atoms with van der Waals surface area (Å²) in [4.78, 5) is 21.2. The Morgan fingerprint density at radius 2 is 1.50 bits per heavy atom. The summed E-state index contributed by atoms with van der Waals surface area (Å²) in [5.41, 5.74) is 5.24. The van der Waals surface area contributed by atoms with Gasteiger partial charge in [0.1, 0.15) is 5.82 Å². The molecule has 0 saturated carbocycles. The lowest BCUT2D eigenvalue weighted by Gasteiger charge is -2.11. The van der Waals surface area contributed by atoms with E-state index in [4.69, 9.17) is 0 Å². The molecule has 3 N–H and O–H groups in total. The van der Waals surface area contributed by atoms with E-state index in [9.17, 15) is 4.79 Å². The molecule has 2 aromatic carbocycles. The van der Waals surface area contributed by atoms with Gasteiger partial charge in [-0.05, 0) is 61.7 Å². The third kappa shape index (κ3) is 5.01. The van der Waals surface area contributed by atoms with Gasteiger partial charge in [-0.25, -0.2) is 4.98 Å². The molecule has 2 aromatic heterocycles. The van der Waals surface area contributed by atoms with Crippen LogP contribution in [0.25, 0.3) is 0 Å². The predicted molar refractivity (Wildman–Crippen MR) is 123 cm³/mol. The zero-order valence-corrected chi connectivity index (χ0v) is 17.5. The number of aryl methyl sites for hydroxylation is 2. The van der Waals surface area contributed by atoms with Crippen LogP contribution in [0, 0.1) is 13.8 Å². The van der Waals surface area contributed by atoms with Gasteiger partial charge in [0.2, 0.25) is 5.95 Å². The number of hydrogen-bond donors (Lipinski definition) is 3. The number of anilines is 5. The van der Waals surface area contributed by atoms with Gasteiger partial charge in [-0.3, -0.25) is 4.79 Å². The van der Waals surface area contributed by atoms with Crippen molar-refractivity contribution in [1.29, 1.82) is 0 Å². The monoisotopic (exact) mass is 415 g/mol. The van der Waals surface area contributed by atoms with Crippen molar-refractivity contribution in [3.05, 3.63) is 88.2 Å². The van der Waals surface area contributed by atoms with E-state index in [-0.39, 0.29) is 5.91 Å². The molecule has 0 atom stereocenters. The summed E-state index contributed by atoms with van der Waals surface area (Å²) in [6.45, 7) is 3.98. The summed E-state index contributed by atoms with van der Waals surface area (Å²) in [5.74, 6) is 1.10. The highest BCUT2D eigenvalue weighted by molar-refractivity contribution is 7.08. The molecule has 0 unspecified atom stereocenters. The molecule has 0 spiro atoms. The van der Waals surface area contributed by atoms with E-state index in [0.29, 0.717) is 17.3 Å². The molecule has 0 aliphatic rings. The third-order valence-electron chi connectivity index (χ3n) is 4.36. The molecule has 1 amide bonds. The van der Waals surface area contributed by atoms with Crippen molar-refractivity contribution in [2.45, 2.75) is 13.8 Å². The first-order chi connectivity index (χ1) is 14.5. The van der Waals surface area contributed by atoms with E-state index < -0.39 is 0 Å². The Balaban J connectivity index is 1.44.